The number of rotatable bonds is 15. The monoisotopic (exact) mass is 583 g/mol. The highest BCUT2D eigenvalue weighted by Gasteiger charge is 2.20. The highest BCUT2D eigenvalue weighted by Crippen LogP contribution is 2.35. The van der Waals surface area contributed by atoms with Crippen LogP contribution < -0.4 is 14.4 Å². The molecule has 2 N–H and O–H groups in total. The van der Waals surface area contributed by atoms with E-state index in [0.717, 1.165) is 5.56 Å². The van der Waals surface area contributed by atoms with Crippen LogP contribution in [-0.4, -0.2) is 89.4 Å². The maximum atomic E-state index is 12.1. The second-order valence-electron chi connectivity index (χ2n) is 8.92. The van der Waals surface area contributed by atoms with Crippen molar-refractivity contribution in [3.8, 4) is 39.7 Å². The van der Waals surface area contributed by atoms with Crippen molar-refractivity contribution in [2.75, 3.05) is 65.7 Å². The number of aromatic nitrogens is 3. The van der Waals surface area contributed by atoms with E-state index in [1.165, 1.54) is 19.2 Å². The summed E-state index contributed by atoms with van der Waals surface area (Å²) in [6, 6.07) is 15.7. The minimum atomic E-state index is -3.55. The van der Waals surface area contributed by atoms with E-state index in [4.69, 9.17) is 28.8 Å². The number of ether oxygens (including phenoxy) is 3. The van der Waals surface area contributed by atoms with Crippen molar-refractivity contribution in [1.82, 2.24) is 19.8 Å². The lowest BCUT2D eigenvalue weighted by Crippen LogP contribution is -2.18. The summed E-state index contributed by atoms with van der Waals surface area (Å²) < 4.78 is 48.8. The molecule has 0 amide bonds. The van der Waals surface area contributed by atoms with Gasteiger partial charge in [0.05, 0.1) is 49.8 Å². The molecule has 2 heterocycles. The molecule has 12 nitrogen and oxygen atoms in total. The number of hydrogen-bond acceptors (Lipinski definition) is 11. The molecule has 0 saturated carbocycles. The number of aliphatic hydroxyl groups is 1. The highest BCUT2D eigenvalue weighted by atomic mass is 32.2. The Morgan fingerprint density at radius 1 is 0.951 bits per heavy atom. The van der Waals surface area contributed by atoms with E-state index in [2.05, 4.69) is 14.9 Å². The first kappa shape index (κ1) is 30.1. The van der Waals surface area contributed by atoms with E-state index >= 15 is 0 Å². The van der Waals surface area contributed by atoms with Gasteiger partial charge in [0, 0.05) is 31.3 Å². The Hall–Kier alpha value is -3.88. The normalized spacial score (nSPS) is 11.5. The third kappa shape index (κ3) is 7.65. The number of nitrogens with one attached hydrogen (secondary N) is 1. The van der Waals surface area contributed by atoms with E-state index in [9.17, 15) is 8.42 Å². The van der Waals surface area contributed by atoms with Crippen LogP contribution in [0.5, 0.6) is 5.75 Å². The number of aliphatic hydroxyl groups excluding tert-OH is 1. The lowest BCUT2D eigenvalue weighted by molar-refractivity contribution is 0.0247. The zero-order valence-corrected chi connectivity index (χ0v) is 23.9. The number of nitrogens with zero attached hydrogens (tertiary/aromatic N) is 4. The van der Waals surface area contributed by atoms with Crippen LogP contribution in [0.1, 0.15) is 0 Å². The molecule has 0 aliphatic heterocycles. The lowest BCUT2D eigenvalue weighted by Gasteiger charge is -2.15. The molecule has 0 radical (unpaired) electrons. The van der Waals surface area contributed by atoms with Crippen molar-refractivity contribution in [3.05, 3.63) is 60.8 Å². The van der Waals surface area contributed by atoms with Gasteiger partial charge in [-0.25, -0.2) is 23.1 Å². The third-order valence-corrected chi connectivity index (χ3v) is 7.34. The average Bonchev–Trinajstić information content (AvgIpc) is 3.48. The molecule has 0 aliphatic rings. The molecule has 0 unspecified atom stereocenters. The summed E-state index contributed by atoms with van der Waals surface area (Å²) in [5.41, 5.74) is 3.02. The topological polar surface area (TPSA) is 149 Å². The predicted octanol–water partition coefficient (Wildman–Crippen LogP) is 2.84. The minimum absolute atomic E-state index is 0.0165. The quantitative estimate of drug-likeness (QED) is 0.199. The second-order valence-corrected chi connectivity index (χ2v) is 10.8. The molecule has 0 bridgehead atoms. The van der Waals surface area contributed by atoms with E-state index < -0.39 is 10.0 Å². The Kier molecular flexibility index (Phi) is 10.4. The number of hydrogen-bond donors (Lipinski definition) is 2. The van der Waals surface area contributed by atoms with Crippen molar-refractivity contribution < 1.29 is 32.3 Å². The molecule has 13 heteroatoms. The molecule has 4 aromatic rings. The van der Waals surface area contributed by atoms with E-state index in [1.54, 1.807) is 24.4 Å². The Bertz CT molecular complexity index is 1530. The Morgan fingerprint density at radius 2 is 1.66 bits per heavy atom. The number of anilines is 1. The Morgan fingerprint density at radius 3 is 2.37 bits per heavy atom. The summed E-state index contributed by atoms with van der Waals surface area (Å²) in [6.07, 6.45) is 1.63. The van der Waals surface area contributed by atoms with Gasteiger partial charge in [-0.2, -0.15) is 0 Å². The summed E-state index contributed by atoms with van der Waals surface area (Å²) in [5.74, 6) is 1.61. The minimum Gasteiger partial charge on any atom is -0.490 e. The van der Waals surface area contributed by atoms with Gasteiger partial charge in [-0.05, 0) is 31.3 Å². The summed E-state index contributed by atoms with van der Waals surface area (Å²) in [6.45, 7) is 1.78. The third-order valence-electron chi connectivity index (χ3n) is 5.91. The van der Waals surface area contributed by atoms with Crippen LogP contribution in [0.2, 0.25) is 0 Å². The summed E-state index contributed by atoms with van der Waals surface area (Å²) in [5, 5.41) is 13.0. The molecule has 4 rings (SSSR count). The van der Waals surface area contributed by atoms with Gasteiger partial charge in [0.25, 0.3) is 0 Å². The van der Waals surface area contributed by atoms with Gasteiger partial charge in [0.1, 0.15) is 18.1 Å². The fourth-order valence-corrected chi connectivity index (χ4v) is 4.58. The SMILES string of the molecule is CNS(=O)(=O)c1ccc(-c2cnc(N(C)C)c(-c3cc(-c4ccccc4OCCOCCOCCO)no3)n2)cc1. The van der Waals surface area contributed by atoms with Crippen LogP contribution in [-0.2, 0) is 19.5 Å². The van der Waals surface area contributed by atoms with Crippen LogP contribution in [0.15, 0.2) is 70.2 Å². The fraction of sp³-hybridized carbons (Fsp3) is 0.321. The first-order chi connectivity index (χ1) is 19.8. The molecule has 2 aromatic heterocycles. The Labute approximate surface area is 238 Å². The van der Waals surface area contributed by atoms with Gasteiger partial charge < -0.3 is 28.7 Å². The van der Waals surface area contributed by atoms with Crippen molar-refractivity contribution >= 4 is 15.8 Å². The number of para-hydroxylation sites is 1. The lowest BCUT2D eigenvalue weighted by atomic mass is 10.1. The summed E-state index contributed by atoms with van der Waals surface area (Å²) in [7, 11) is 1.52. The van der Waals surface area contributed by atoms with Crippen molar-refractivity contribution in [1.29, 1.82) is 0 Å². The molecular formula is C28H33N5O7S. The molecule has 2 aromatic carbocycles. The van der Waals surface area contributed by atoms with Crippen LogP contribution in [0, 0.1) is 0 Å². The van der Waals surface area contributed by atoms with Gasteiger partial charge in [-0.3, -0.25) is 0 Å². The van der Waals surface area contributed by atoms with E-state index in [1.807, 2.05) is 43.3 Å². The van der Waals surface area contributed by atoms with Gasteiger partial charge in [-0.15, -0.1) is 0 Å². The standard InChI is InChI=1S/C28H33N5O7S/c1-29-41(35,36)21-10-8-20(9-11-21)24-19-30-28(33(2)3)27(31-24)26-18-23(32-40-26)22-6-4-5-7-25(22)39-17-16-38-15-14-37-13-12-34/h4-11,18-19,29,34H,12-17H2,1-3H3. The van der Waals surface area contributed by atoms with Crippen LogP contribution in [0.3, 0.4) is 0 Å². The Balaban J connectivity index is 1.54. The fourth-order valence-electron chi connectivity index (χ4n) is 3.85. The zero-order chi connectivity index (χ0) is 29.2. The summed E-state index contributed by atoms with van der Waals surface area (Å²) >= 11 is 0. The van der Waals surface area contributed by atoms with Crippen molar-refractivity contribution in [2.24, 2.45) is 0 Å². The second kappa shape index (κ2) is 14.1. The molecule has 218 valence electrons. The van der Waals surface area contributed by atoms with E-state index in [-0.39, 0.29) is 18.1 Å². The smallest absolute Gasteiger partial charge is 0.240 e. The van der Waals surface area contributed by atoms with Crippen molar-refractivity contribution in [2.45, 2.75) is 4.90 Å². The van der Waals surface area contributed by atoms with Gasteiger partial charge in [0.15, 0.2) is 17.3 Å². The number of sulfonamides is 1. The largest absolute Gasteiger partial charge is 0.490 e. The molecule has 0 aliphatic carbocycles. The zero-order valence-electron chi connectivity index (χ0n) is 23.1. The molecule has 0 fully saturated rings. The molecule has 41 heavy (non-hydrogen) atoms. The average molecular weight is 584 g/mol. The maximum absolute atomic E-state index is 12.1. The molecule has 0 atom stereocenters. The molecular weight excluding hydrogens is 550 g/mol. The van der Waals surface area contributed by atoms with Gasteiger partial charge in [0.2, 0.25) is 10.0 Å². The number of benzene rings is 2. The van der Waals surface area contributed by atoms with Crippen LogP contribution in [0.4, 0.5) is 5.82 Å². The predicted molar refractivity (Wildman–Crippen MR) is 153 cm³/mol. The van der Waals surface area contributed by atoms with Gasteiger partial charge >= 0.3 is 0 Å². The first-order valence-electron chi connectivity index (χ1n) is 12.9. The highest BCUT2D eigenvalue weighted by molar-refractivity contribution is 7.89. The van der Waals surface area contributed by atoms with Crippen LogP contribution >= 0.6 is 0 Å². The summed E-state index contributed by atoms with van der Waals surface area (Å²) in [4.78, 5) is 11.4. The van der Waals surface area contributed by atoms with Crippen molar-refractivity contribution in [3.63, 3.8) is 0 Å². The van der Waals surface area contributed by atoms with Gasteiger partial charge in [-0.1, -0.05) is 29.4 Å². The molecule has 0 saturated heterocycles. The van der Waals surface area contributed by atoms with Crippen LogP contribution in [0.25, 0.3) is 34.0 Å². The van der Waals surface area contributed by atoms with E-state index in [0.29, 0.717) is 66.4 Å². The molecule has 0 spiro atoms. The first-order valence-corrected chi connectivity index (χ1v) is 14.4. The maximum Gasteiger partial charge on any atom is 0.240 e.